The molecule has 0 saturated carbocycles. The van der Waals surface area contributed by atoms with Crippen LogP contribution in [0.15, 0.2) is 17.2 Å². The van der Waals surface area contributed by atoms with E-state index >= 15 is 0 Å². The summed E-state index contributed by atoms with van der Waals surface area (Å²) in [7, 11) is 0. The van der Waals surface area contributed by atoms with Crippen LogP contribution in [0.2, 0.25) is 0 Å². The summed E-state index contributed by atoms with van der Waals surface area (Å²) < 4.78 is 0. The molecular formula is C13H19N3. The van der Waals surface area contributed by atoms with Gasteiger partial charge in [0.15, 0.2) is 0 Å². The van der Waals surface area contributed by atoms with Gasteiger partial charge in [0.1, 0.15) is 5.84 Å². The van der Waals surface area contributed by atoms with Crippen LogP contribution in [-0.2, 0) is 0 Å². The van der Waals surface area contributed by atoms with E-state index in [0.717, 1.165) is 12.3 Å². The monoisotopic (exact) mass is 217 g/mol. The first-order valence-corrected chi connectivity index (χ1v) is 5.69. The lowest BCUT2D eigenvalue weighted by Crippen LogP contribution is -2.24. The zero-order chi connectivity index (χ0) is 11.9. The van der Waals surface area contributed by atoms with Crippen LogP contribution in [0.25, 0.3) is 0 Å². The maximum atomic E-state index is 5.79. The second kappa shape index (κ2) is 3.81. The molecule has 86 valence electrons. The molecule has 1 atom stereocenters. The largest absolute Gasteiger partial charge is 0.386 e. The standard InChI is InChI=1S/C13H19N3/c1-8-5-9(2)13(10(3)6-8)16-11(4)7-12(14)15-16/h5-6,11H,7H2,1-4H3,(H2,14,15). The summed E-state index contributed by atoms with van der Waals surface area (Å²) in [5, 5.41) is 6.47. The molecule has 0 bridgehead atoms. The number of aryl methyl sites for hydroxylation is 3. The highest BCUT2D eigenvalue weighted by molar-refractivity contribution is 5.85. The molecule has 2 N–H and O–H groups in total. The van der Waals surface area contributed by atoms with Gasteiger partial charge in [0.2, 0.25) is 0 Å². The summed E-state index contributed by atoms with van der Waals surface area (Å²) in [5.74, 6) is 0.729. The number of hydrogen-bond donors (Lipinski definition) is 1. The Morgan fingerprint density at radius 1 is 1.25 bits per heavy atom. The third-order valence-corrected chi connectivity index (χ3v) is 3.02. The molecule has 3 heteroatoms. The molecule has 1 aromatic carbocycles. The Morgan fingerprint density at radius 3 is 2.25 bits per heavy atom. The van der Waals surface area contributed by atoms with E-state index in [1.807, 2.05) is 0 Å². The van der Waals surface area contributed by atoms with Gasteiger partial charge in [0, 0.05) is 6.42 Å². The molecule has 0 fully saturated rings. The third-order valence-electron chi connectivity index (χ3n) is 3.02. The fourth-order valence-corrected chi connectivity index (χ4v) is 2.47. The van der Waals surface area contributed by atoms with Crippen molar-refractivity contribution in [3.63, 3.8) is 0 Å². The predicted octanol–water partition coefficient (Wildman–Crippen LogP) is 2.48. The van der Waals surface area contributed by atoms with Crippen molar-refractivity contribution < 1.29 is 0 Å². The molecule has 1 aromatic rings. The average molecular weight is 217 g/mol. The van der Waals surface area contributed by atoms with Gasteiger partial charge in [-0.15, -0.1) is 0 Å². The van der Waals surface area contributed by atoms with E-state index in [1.165, 1.54) is 22.4 Å². The van der Waals surface area contributed by atoms with Gasteiger partial charge in [-0.2, -0.15) is 5.10 Å². The minimum Gasteiger partial charge on any atom is -0.386 e. The first kappa shape index (κ1) is 11.0. The normalized spacial score (nSPS) is 20.1. The van der Waals surface area contributed by atoms with Crippen LogP contribution in [0.4, 0.5) is 5.69 Å². The molecular weight excluding hydrogens is 198 g/mol. The lowest BCUT2D eigenvalue weighted by Gasteiger charge is -2.24. The van der Waals surface area contributed by atoms with Crippen LogP contribution < -0.4 is 10.7 Å². The summed E-state index contributed by atoms with van der Waals surface area (Å²) >= 11 is 0. The minimum absolute atomic E-state index is 0.361. The van der Waals surface area contributed by atoms with Crippen molar-refractivity contribution >= 4 is 11.5 Å². The van der Waals surface area contributed by atoms with Crippen molar-refractivity contribution in [1.82, 2.24) is 0 Å². The van der Waals surface area contributed by atoms with E-state index in [4.69, 9.17) is 5.73 Å². The van der Waals surface area contributed by atoms with Crippen LogP contribution in [0.1, 0.15) is 30.0 Å². The molecule has 0 spiro atoms. The summed E-state index contributed by atoms with van der Waals surface area (Å²) in [5.41, 5.74) is 10.8. The molecule has 0 saturated heterocycles. The first-order valence-electron chi connectivity index (χ1n) is 5.69. The van der Waals surface area contributed by atoms with Gasteiger partial charge in [-0.25, -0.2) is 0 Å². The van der Waals surface area contributed by atoms with Gasteiger partial charge in [0.05, 0.1) is 11.7 Å². The van der Waals surface area contributed by atoms with Crippen LogP contribution in [0.3, 0.4) is 0 Å². The van der Waals surface area contributed by atoms with Gasteiger partial charge >= 0.3 is 0 Å². The molecule has 0 aromatic heterocycles. The molecule has 1 aliphatic heterocycles. The van der Waals surface area contributed by atoms with E-state index in [0.29, 0.717) is 6.04 Å². The predicted molar refractivity (Wildman–Crippen MR) is 68.8 cm³/mol. The van der Waals surface area contributed by atoms with Gasteiger partial charge < -0.3 is 5.73 Å². The average Bonchev–Trinajstić information content (AvgIpc) is 2.43. The van der Waals surface area contributed by atoms with Crippen molar-refractivity contribution in [2.24, 2.45) is 10.8 Å². The number of nitrogens with zero attached hydrogens (tertiary/aromatic N) is 2. The Balaban J connectivity index is 2.48. The van der Waals surface area contributed by atoms with Crippen LogP contribution in [-0.4, -0.2) is 11.9 Å². The van der Waals surface area contributed by atoms with E-state index < -0.39 is 0 Å². The minimum atomic E-state index is 0.361. The molecule has 0 aliphatic carbocycles. The second-order valence-corrected chi connectivity index (χ2v) is 4.74. The van der Waals surface area contributed by atoms with Crippen molar-refractivity contribution in [2.75, 3.05) is 5.01 Å². The second-order valence-electron chi connectivity index (χ2n) is 4.74. The lowest BCUT2D eigenvalue weighted by molar-refractivity contribution is 0.719. The Labute approximate surface area is 96.9 Å². The number of benzene rings is 1. The Kier molecular flexibility index (Phi) is 2.62. The highest BCUT2D eigenvalue weighted by Crippen LogP contribution is 2.31. The van der Waals surface area contributed by atoms with Crippen molar-refractivity contribution in [3.8, 4) is 0 Å². The van der Waals surface area contributed by atoms with Crippen molar-refractivity contribution in [2.45, 2.75) is 40.2 Å². The fraction of sp³-hybridized carbons (Fsp3) is 0.462. The van der Waals surface area contributed by atoms with Gasteiger partial charge in [0.25, 0.3) is 0 Å². The number of anilines is 1. The van der Waals surface area contributed by atoms with E-state index in [-0.39, 0.29) is 0 Å². The Morgan fingerprint density at radius 2 is 1.81 bits per heavy atom. The smallest absolute Gasteiger partial charge is 0.122 e. The topological polar surface area (TPSA) is 41.6 Å². The van der Waals surface area contributed by atoms with Crippen molar-refractivity contribution in [1.29, 1.82) is 0 Å². The van der Waals surface area contributed by atoms with Gasteiger partial charge in [-0.05, 0) is 38.8 Å². The number of hydrogen-bond acceptors (Lipinski definition) is 3. The molecule has 1 aliphatic rings. The van der Waals surface area contributed by atoms with Crippen molar-refractivity contribution in [3.05, 3.63) is 28.8 Å². The lowest BCUT2D eigenvalue weighted by atomic mass is 10.0. The quantitative estimate of drug-likeness (QED) is 0.785. The molecule has 1 unspecified atom stereocenters. The van der Waals surface area contributed by atoms with Crippen LogP contribution >= 0.6 is 0 Å². The van der Waals surface area contributed by atoms with Gasteiger partial charge in [-0.3, -0.25) is 5.01 Å². The highest BCUT2D eigenvalue weighted by atomic mass is 15.5. The Hall–Kier alpha value is -1.51. The molecule has 0 radical (unpaired) electrons. The molecule has 3 nitrogen and oxygen atoms in total. The number of hydrazone groups is 1. The molecule has 0 amide bonds. The van der Waals surface area contributed by atoms with E-state index in [9.17, 15) is 0 Å². The maximum absolute atomic E-state index is 5.79. The van der Waals surface area contributed by atoms with Crippen LogP contribution in [0.5, 0.6) is 0 Å². The van der Waals surface area contributed by atoms with E-state index in [1.54, 1.807) is 0 Å². The third kappa shape index (κ3) is 1.77. The van der Waals surface area contributed by atoms with E-state index in [2.05, 4.69) is 49.9 Å². The molecule has 16 heavy (non-hydrogen) atoms. The SMILES string of the molecule is Cc1cc(C)c(N2N=C(N)CC2C)c(C)c1. The zero-order valence-electron chi connectivity index (χ0n) is 10.4. The Bertz CT molecular complexity index is 425. The summed E-state index contributed by atoms with van der Waals surface area (Å²) in [6.07, 6.45) is 0.854. The van der Waals surface area contributed by atoms with Gasteiger partial charge in [-0.1, -0.05) is 17.7 Å². The summed E-state index contributed by atoms with van der Waals surface area (Å²) in [4.78, 5) is 0. The highest BCUT2D eigenvalue weighted by Gasteiger charge is 2.24. The number of amidine groups is 1. The fourth-order valence-electron chi connectivity index (χ4n) is 2.47. The number of rotatable bonds is 1. The number of nitrogens with two attached hydrogens (primary N) is 1. The first-order chi connectivity index (χ1) is 7.49. The molecule has 2 rings (SSSR count). The molecule has 1 heterocycles. The summed E-state index contributed by atoms with van der Waals surface area (Å²) in [6, 6.07) is 4.75. The maximum Gasteiger partial charge on any atom is 0.122 e. The van der Waals surface area contributed by atoms with Crippen LogP contribution in [0, 0.1) is 20.8 Å². The summed E-state index contributed by atoms with van der Waals surface area (Å²) in [6.45, 7) is 8.54. The zero-order valence-corrected chi connectivity index (χ0v) is 10.4.